The fourth-order valence-electron chi connectivity index (χ4n) is 3.71. The molecule has 2 saturated carbocycles. The van der Waals surface area contributed by atoms with E-state index in [0.717, 1.165) is 17.6 Å². The number of hydrogen-bond acceptors (Lipinski definition) is 1. The van der Waals surface area contributed by atoms with E-state index in [9.17, 15) is 0 Å². The lowest BCUT2D eigenvalue weighted by Gasteiger charge is -2.54. The van der Waals surface area contributed by atoms with Gasteiger partial charge >= 0.3 is 0 Å². The van der Waals surface area contributed by atoms with Crippen LogP contribution in [0.25, 0.3) is 0 Å². The molecule has 0 saturated heterocycles. The third kappa shape index (κ3) is 2.31. The molecule has 0 aliphatic heterocycles. The molecular weight excluding hydrogens is 242 g/mol. The van der Waals surface area contributed by atoms with Crippen molar-refractivity contribution in [1.29, 1.82) is 0 Å². The predicted molar refractivity (Wildman–Crippen MR) is 77.2 cm³/mol. The predicted octanol–water partition coefficient (Wildman–Crippen LogP) is 4.15. The Morgan fingerprint density at radius 3 is 2.44 bits per heavy atom. The summed E-state index contributed by atoms with van der Waals surface area (Å²) >= 11 is 6.42. The highest BCUT2D eigenvalue weighted by atomic mass is 35.5. The molecule has 98 valence electrons. The van der Waals surface area contributed by atoms with Crippen LogP contribution >= 0.6 is 11.6 Å². The van der Waals surface area contributed by atoms with Crippen LogP contribution in [0, 0.1) is 5.41 Å². The maximum Gasteiger partial charge on any atom is 0.0444 e. The highest BCUT2D eigenvalue weighted by Gasteiger charge is 2.51. The molecule has 2 aliphatic rings. The smallest absolute Gasteiger partial charge is 0.0444 e. The van der Waals surface area contributed by atoms with Crippen molar-refractivity contribution in [2.24, 2.45) is 5.41 Å². The number of nitrogens with one attached hydrogen (secondary N) is 1. The Morgan fingerprint density at radius 1 is 1.22 bits per heavy atom. The topological polar surface area (TPSA) is 12.0 Å². The van der Waals surface area contributed by atoms with Crippen LogP contribution < -0.4 is 5.32 Å². The van der Waals surface area contributed by atoms with E-state index in [-0.39, 0.29) is 5.41 Å². The first-order valence-electron chi connectivity index (χ1n) is 6.99. The molecule has 2 fully saturated rings. The van der Waals surface area contributed by atoms with E-state index in [1.807, 2.05) is 12.1 Å². The Kier molecular flexibility index (Phi) is 2.95. The van der Waals surface area contributed by atoms with E-state index in [1.54, 1.807) is 0 Å². The van der Waals surface area contributed by atoms with Gasteiger partial charge in [0.2, 0.25) is 0 Å². The Bertz CT molecular complexity index is 440. The van der Waals surface area contributed by atoms with Gasteiger partial charge in [-0.25, -0.2) is 0 Å². The normalized spacial score (nSPS) is 24.6. The molecular formula is C16H22ClN. The van der Waals surface area contributed by atoms with Crippen molar-refractivity contribution in [3.05, 3.63) is 34.9 Å². The summed E-state index contributed by atoms with van der Waals surface area (Å²) < 4.78 is 0. The molecule has 0 radical (unpaired) electrons. The van der Waals surface area contributed by atoms with E-state index in [4.69, 9.17) is 11.6 Å². The number of halogens is 1. The first-order chi connectivity index (χ1) is 8.51. The maximum absolute atomic E-state index is 6.42. The minimum Gasteiger partial charge on any atom is -0.313 e. The lowest BCUT2D eigenvalue weighted by Crippen LogP contribution is -2.53. The zero-order valence-electron chi connectivity index (χ0n) is 11.3. The van der Waals surface area contributed by atoms with E-state index in [1.165, 1.54) is 31.2 Å². The minimum atomic E-state index is 0.268. The van der Waals surface area contributed by atoms with Crippen LogP contribution in [-0.4, -0.2) is 12.6 Å². The first kappa shape index (κ1) is 12.5. The number of hydrogen-bond donors (Lipinski definition) is 1. The fraction of sp³-hybridized carbons (Fsp3) is 0.625. The molecule has 1 aromatic rings. The third-order valence-electron chi connectivity index (χ3n) is 4.39. The second-order valence-electron chi connectivity index (χ2n) is 6.93. The summed E-state index contributed by atoms with van der Waals surface area (Å²) in [4.78, 5) is 0. The molecule has 0 atom stereocenters. The molecule has 2 aliphatic carbocycles. The van der Waals surface area contributed by atoms with Crippen LogP contribution in [0.1, 0.15) is 45.1 Å². The highest BCUT2D eigenvalue weighted by Crippen LogP contribution is 2.56. The molecule has 0 bridgehead atoms. The van der Waals surface area contributed by atoms with E-state index in [0.29, 0.717) is 5.41 Å². The highest BCUT2D eigenvalue weighted by molar-refractivity contribution is 6.31. The van der Waals surface area contributed by atoms with Crippen molar-refractivity contribution in [3.8, 4) is 0 Å². The third-order valence-corrected chi connectivity index (χ3v) is 4.72. The quantitative estimate of drug-likeness (QED) is 0.861. The SMILES string of the molecule is CC1(C)CC(CNC2CC2)(c2ccccc2Cl)C1. The number of rotatable bonds is 4. The molecule has 0 unspecified atom stereocenters. The van der Waals surface area contributed by atoms with Gasteiger partial charge in [0.1, 0.15) is 0 Å². The van der Waals surface area contributed by atoms with E-state index >= 15 is 0 Å². The van der Waals surface area contributed by atoms with Crippen LogP contribution in [0.2, 0.25) is 5.02 Å². The van der Waals surface area contributed by atoms with Gasteiger partial charge in [0, 0.05) is 23.0 Å². The van der Waals surface area contributed by atoms with Crippen LogP contribution in [0.15, 0.2) is 24.3 Å². The van der Waals surface area contributed by atoms with Gasteiger partial charge in [0.25, 0.3) is 0 Å². The van der Waals surface area contributed by atoms with Crippen molar-refractivity contribution >= 4 is 11.6 Å². The fourth-order valence-corrected chi connectivity index (χ4v) is 4.05. The average molecular weight is 264 g/mol. The molecule has 1 nitrogen and oxygen atoms in total. The molecule has 0 heterocycles. The molecule has 1 aromatic carbocycles. The van der Waals surface area contributed by atoms with Crippen molar-refractivity contribution in [2.75, 3.05) is 6.54 Å². The monoisotopic (exact) mass is 263 g/mol. The Labute approximate surface area is 115 Å². The first-order valence-corrected chi connectivity index (χ1v) is 7.37. The Morgan fingerprint density at radius 2 is 1.89 bits per heavy atom. The lowest BCUT2D eigenvalue weighted by atomic mass is 9.52. The second kappa shape index (κ2) is 4.25. The second-order valence-corrected chi connectivity index (χ2v) is 7.34. The molecule has 0 spiro atoms. The van der Waals surface area contributed by atoms with Gasteiger partial charge in [-0.05, 0) is 42.7 Å². The van der Waals surface area contributed by atoms with Crippen molar-refractivity contribution < 1.29 is 0 Å². The molecule has 1 N–H and O–H groups in total. The van der Waals surface area contributed by atoms with Crippen LogP contribution in [0.5, 0.6) is 0 Å². The number of benzene rings is 1. The van der Waals surface area contributed by atoms with Crippen LogP contribution in [-0.2, 0) is 5.41 Å². The van der Waals surface area contributed by atoms with E-state index < -0.39 is 0 Å². The zero-order valence-corrected chi connectivity index (χ0v) is 12.1. The van der Waals surface area contributed by atoms with Gasteiger partial charge < -0.3 is 5.32 Å². The Hall–Kier alpha value is -0.530. The molecule has 18 heavy (non-hydrogen) atoms. The summed E-state index contributed by atoms with van der Waals surface area (Å²) in [5.41, 5.74) is 2.08. The van der Waals surface area contributed by atoms with Crippen LogP contribution in [0.4, 0.5) is 0 Å². The summed E-state index contributed by atoms with van der Waals surface area (Å²) in [6, 6.07) is 9.16. The Balaban J connectivity index is 1.83. The van der Waals surface area contributed by atoms with Gasteiger partial charge in [0.15, 0.2) is 0 Å². The lowest BCUT2D eigenvalue weighted by molar-refractivity contribution is 0.0561. The van der Waals surface area contributed by atoms with E-state index in [2.05, 4.69) is 31.3 Å². The average Bonchev–Trinajstić information content (AvgIpc) is 3.07. The van der Waals surface area contributed by atoms with Crippen molar-refractivity contribution in [1.82, 2.24) is 5.32 Å². The molecule has 2 heteroatoms. The van der Waals surface area contributed by atoms with Crippen molar-refractivity contribution in [2.45, 2.75) is 51.0 Å². The van der Waals surface area contributed by atoms with Gasteiger partial charge in [-0.2, -0.15) is 0 Å². The maximum atomic E-state index is 6.42. The largest absolute Gasteiger partial charge is 0.313 e. The van der Waals surface area contributed by atoms with Crippen LogP contribution in [0.3, 0.4) is 0 Å². The van der Waals surface area contributed by atoms with Gasteiger partial charge in [-0.3, -0.25) is 0 Å². The van der Waals surface area contributed by atoms with Gasteiger partial charge in [0.05, 0.1) is 0 Å². The van der Waals surface area contributed by atoms with Gasteiger partial charge in [-0.1, -0.05) is 43.6 Å². The standard InChI is InChI=1S/C16H22ClN/c1-15(2)9-16(10-15,11-18-12-7-8-12)13-5-3-4-6-14(13)17/h3-6,12,18H,7-11H2,1-2H3. The van der Waals surface area contributed by atoms with Crippen molar-refractivity contribution in [3.63, 3.8) is 0 Å². The minimum absolute atomic E-state index is 0.268. The molecule has 0 aromatic heterocycles. The summed E-state index contributed by atoms with van der Waals surface area (Å²) in [5, 5.41) is 4.64. The summed E-state index contributed by atoms with van der Waals surface area (Å²) in [7, 11) is 0. The molecule has 0 amide bonds. The summed E-state index contributed by atoms with van der Waals surface area (Å²) in [5.74, 6) is 0. The molecule has 3 rings (SSSR count). The van der Waals surface area contributed by atoms with Gasteiger partial charge in [-0.15, -0.1) is 0 Å². The summed E-state index contributed by atoms with van der Waals surface area (Å²) in [6.45, 7) is 5.81. The summed E-state index contributed by atoms with van der Waals surface area (Å²) in [6.07, 6.45) is 5.18. The zero-order chi connectivity index (χ0) is 12.8.